The van der Waals surface area contributed by atoms with Crippen molar-refractivity contribution in [1.29, 1.82) is 0 Å². The summed E-state index contributed by atoms with van der Waals surface area (Å²) in [6, 6.07) is 0. The Morgan fingerprint density at radius 1 is 1.35 bits per heavy atom. The Bertz CT molecular complexity index is 242. The standard InChI is InChI=1S/C14H28N2O/c1-12-10-16(7-4-8-17-12)14(2,11-15)9-13-5-3-6-13/h12-13H,3-11,15H2,1-2H3. The molecule has 1 aliphatic carbocycles. The van der Waals surface area contributed by atoms with Crippen LogP contribution in [0.25, 0.3) is 0 Å². The van der Waals surface area contributed by atoms with Crippen LogP contribution in [0.5, 0.6) is 0 Å². The number of nitrogens with two attached hydrogens (primary N) is 1. The predicted octanol–water partition coefficient (Wildman–Crippen LogP) is 2.00. The molecule has 0 radical (unpaired) electrons. The van der Waals surface area contributed by atoms with Crippen LogP contribution in [0.3, 0.4) is 0 Å². The van der Waals surface area contributed by atoms with E-state index in [0.29, 0.717) is 6.10 Å². The smallest absolute Gasteiger partial charge is 0.0674 e. The molecule has 0 spiro atoms. The van der Waals surface area contributed by atoms with E-state index in [1.54, 1.807) is 0 Å². The summed E-state index contributed by atoms with van der Waals surface area (Å²) in [7, 11) is 0. The summed E-state index contributed by atoms with van der Waals surface area (Å²) in [5.41, 5.74) is 6.27. The summed E-state index contributed by atoms with van der Waals surface area (Å²) in [5, 5.41) is 0. The van der Waals surface area contributed by atoms with Gasteiger partial charge in [0.1, 0.15) is 0 Å². The number of hydrogen-bond donors (Lipinski definition) is 1. The van der Waals surface area contributed by atoms with Crippen molar-refractivity contribution in [3.05, 3.63) is 0 Å². The number of rotatable bonds is 4. The molecule has 2 rings (SSSR count). The van der Waals surface area contributed by atoms with E-state index in [9.17, 15) is 0 Å². The molecule has 2 N–H and O–H groups in total. The molecule has 0 bridgehead atoms. The summed E-state index contributed by atoms with van der Waals surface area (Å²) in [4.78, 5) is 2.59. The van der Waals surface area contributed by atoms with E-state index < -0.39 is 0 Å². The third-order valence-corrected chi connectivity index (χ3v) is 4.61. The minimum Gasteiger partial charge on any atom is -0.377 e. The molecule has 3 nitrogen and oxygen atoms in total. The Hall–Kier alpha value is -0.120. The highest BCUT2D eigenvalue weighted by molar-refractivity contribution is 4.92. The topological polar surface area (TPSA) is 38.5 Å². The van der Waals surface area contributed by atoms with Gasteiger partial charge in [-0.3, -0.25) is 4.90 Å². The van der Waals surface area contributed by atoms with E-state index in [0.717, 1.165) is 38.6 Å². The van der Waals surface area contributed by atoms with E-state index >= 15 is 0 Å². The summed E-state index contributed by atoms with van der Waals surface area (Å²) in [5.74, 6) is 0.919. The SMILES string of the molecule is CC1CN(C(C)(CN)CC2CCC2)CCCO1. The third kappa shape index (κ3) is 3.21. The average Bonchev–Trinajstić information content (AvgIpc) is 2.48. The molecule has 1 aliphatic heterocycles. The molecule has 2 fully saturated rings. The monoisotopic (exact) mass is 240 g/mol. The van der Waals surface area contributed by atoms with Crippen LogP contribution in [0.1, 0.15) is 46.0 Å². The van der Waals surface area contributed by atoms with Crippen molar-refractivity contribution in [3.8, 4) is 0 Å². The number of hydrogen-bond acceptors (Lipinski definition) is 3. The average molecular weight is 240 g/mol. The second kappa shape index (κ2) is 5.68. The molecular formula is C14H28N2O. The molecule has 1 saturated carbocycles. The maximum atomic E-state index is 6.08. The van der Waals surface area contributed by atoms with E-state index in [1.165, 1.54) is 25.7 Å². The zero-order chi connectivity index (χ0) is 12.3. The van der Waals surface area contributed by atoms with Gasteiger partial charge in [-0.2, -0.15) is 0 Å². The largest absolute Gasteiger partial charge is 0.377 e. The molecule has 0 aromatic rings. The summed E-state index contributed by atoms with van der Waals surface area (Å²) < 4.78 is 5.74. The second-order valence-corrected chi connectivity index (χ2v) is 6.18. The maximum Gasteiger partial charge on any atom is 0.0674 e. The van der Waals surface area contributed by atoms with Crippen molar-refractivity contribution in [1.82, 2.24) is 4.90 Å². The highest BCUT2D eigenvalue weighted by atomic mass is 16.5. The van der Waals surface area contributed by atoms with Gasteiger partial charge < -0.3 is 10.5 Å². The fourth-order valence-electron chi connectivity index (χ4n) is 3.14. The lowest BCUT2D eigenvalue weighted by Gasteiger charge is -2.44. The molecule has 17 heavy (non-hydrogen) atoms. The minimum atomic E-state index is 0.188. The Morgan fingerprint density at radius 3 is 2.71 bits per heavy atom. The van der Waals surface area contributed by atoms with Crippen LogP contribution < -0.4 is 5.73 Å². The molecule has 0 aromatic carbocycles. The Labute approximate surface area is 106 Å². The Balaban J connectivity index is 1.97. The summed E-state index contributed by atoms with van der Waals surface area (Å²) >= 11 is 0. The van der Waals surface area contributed by atoms with Crippen molar-refractivity contribution in [2.45, 2.75) is 57.6 Å². The Morgan fingerprint density at radius 2 is 2.12 bits per heavy atom. The lowest BCUT2D eigenvalue weighted by atomic mass is 9.76. The Kier molecular flexibility index (Phi) is 4.45. The van der Waals surface area contributed by atoms with Crippen molar-refractivity contribution < 1.29 is 4.74 Å². The van der Waals surface area contributed by atoms with Gasteiger partial charge in [-0.05, 0) is 32.6 Å². The summed E-state index contributed by atoms with van der Waals surface area (Å²) in [6.07, 6.45) is 7.01. The third-order valence-electron chi connectivity index (χ3n) is 4.61. The van der Waals surface area contributed by atoms with Crippen molar-refractivity contribution >= 4 is 0 Å². The predicted molar refractivity (Wildman–Crippen MR) is 71.0 cm³/mol. The zero-order valence-corrected chi connectivity index (χ0v) is 11.5. The first kappa shape index (κ1) is 13.3. The van der Waals surface area contributed by atoms with Gasteiger partial charge in [0.25, 0.3) is 0 Å². The molecule has 2 aliphatic rings. The fraction of sp³-hybridized carbons (Fsp3) is 1.00. The van der Waals surface area contributed by atoms with Gasteiger partial charge in [0.2, 0.25) is 0 Å². The molecule has 2 unspecified atom stereocenters. The quantitative estimate of drug-likeness (QED) is 0.817. The van der Waals surface area contributed by atoms with E-state index in [4.69, 9.17) is 10.5 Å². The molecule has 1 heterocycles. The van der Waals surface area contributed by atoms with Gasteiger partial charge in [0.15, 0.2) is 0 Å². The van der Waals surface area contributed by atoms with Gasteiger partial charge in [0.05, 0.1) is 6.10 Å². The molecule has 1 saturated heterocycles. The van der Waals surface area contributed by atoms with Crippen LogP contribution in [0.4, 0.5) is 0 Å². The zero-order valence-electron chi connectivity index (χ0n) is 11.5. The number of ether oxygens (including phenoxy) is 1. The molecular weight excluding hydrogens is 212 g/mol. The molecule has 0 amide bonds. The van der Waals surface area contributed by atoms with Crippen molar-refractivity contribution in [3.63, 3.8) is 0 Å². The minimum absolute atomic E-state index is 0.188. The lowest BCUT2D eigenvalue weighted by molar-refractivity contribution is 0.0287. The molecule has 100 valence electrons. The molecule has 0 aromatic heterocycles. The highest BCUT2D eigenvalue weighted by Crippen LogP contribution is 2.36. The normalized spacial score (nSPS) is 31.6. The first-order valence-corrected chi connectivity index (χ1v) is 7.21. The van der Waals surface area contributed by atoms with Crippen molar-refractivity contribution in [2.75, 3.05) is 26.2 Å². The van der Waals surface area contributed by atoms with Crippen LogP contribution >= 0.6 is 0 Å². The van der Waals surface area contributed by atoms with Crippen LogP contribution in [0.15, 0.2) is 0 Å². The van der Waals surface area contributed by atoms with Gasteiger partial charge in [-0.25, -0.2) is 0 Å². The van der Waals surface area contributed by atoms with Gasteiger partial charge in [-0.15, -0.1) is 0 Å². The van der Waals surface area contributed by atoms with E-state index in [2.05, 4.69) is 18.7 Å². The van der Waals surface area contributed by atoms with Crippen LogP contribution in [0.2, 0.25) is 0 Å². The maximum absolute atomic E-state index is 6.08. The van der Waals surface area contributed by atoms with Gasteiger partial charge in [0, 0.05) is 31.8 Å². The van der Waals surface area contributed by atoms with Gasteiger partial charge >= 0.3 is 0 Å². The van der Waals surface area contributed by atoms with E-state index in [-0.39, 0.29) is 5.54 Å². The first-order chi connectivity index (χ1) is 8.14. The summed E-state index contributed by atoms with van der Waals surface area (Å²) in [6.45, 7) is 8.39. The fourth-order valence-corrected chi connectivity index (χ4v) is 3.14. The van der Waals surface area contributed by atoms with Crippen molar-refractivity contribution in [2.24, 2.45) is 11.7 Å². The molecule has 3 heteroatoms. The van der Waals surface area contributed by atoms with Crippen LogP contribution in [-0.4, -0.2) is 42.8 Å². The first-order valence-electron chi connectivity index (χ1n) is 7.21. The second-order valence-electron chi connectivity index (χ2n) is 6.18. The van der Waals surface area contributed by atoms with E-state index in [1.807, 2.05) is 0 Å². The van der Waals surface area contributed by atoms with Crippen LogP contribution in [0, 0.1) is 5.92 Å². The van der Waals surface area contributed by atoms with Crippen LogP contribution in [-0.2, 0) is 4.74 Å². The number of nitrogens with zero attached hydrogens (tertiary/aromatic N) is 1. The van der Waals surface area contributed by atoms with Gasteiger partial charge in [-0.1, -0.05) is 19.3 Å². The lowest BCUT2D eigenvalue weighted by Crippen LogP contribution is -2.54. The molecule has 2 atom stereocenters. The highest BCUT2D eigenvalue weighted by Gasteiger charge is 2.36.